The van der Waals surface area contributed by atoms with Crippen molar-refractivity contribution >= 4 is 5.91 Å². The number of hydrogen-bond donors (Lipinski definition) is 1. The van der Waals surface area contributed by atoms with Crippen molar-refractivity contribution in [2.24, 2.45) is 5.92 Å². The molecule has 1 heterocycles. The van der Waals surface area contributed by atoms with Crippen molar-refractivity contribution in [3.8, 4) is 0 Å². The molecule has 1 N–H and O–H groups in total. The summed E-state index contributed by atoms with van der Waals surface area (Å²) in [7, 11) is 0. The van der Waals surface area contributed by atoms with E-state index in [9.17, 15) is 13.6 Å². The molecule has 1 aromatic rings. The second-order valence-electron chi connectivity index (χ2n) is 5.97. The summed E-state index contributed by atoms with van der Waals surface area (Å²) in [5, 5.41) is 3.26. The molecule has 2 rings (SSSR count). The Hall–Kier alpha value is -1.49. The minimum Gasteiger partial charge on any atom is -0.319 e. The molecule has 116 valence electrons. The minimum absolute atomic E-state index is 0.0223. The van der Waals surface area contributed by atoms with Gasteiger partial charge in [-0.1, -0.05) is 26.8 Å². The third-order valence-corrected chi connectivity index (χ3v) is 4.13. The van der Waals surface area contributed by atoms with Crippen molar-refractivity contribution in [2.45, 2.75) is 52.4 Å². The summed E-state index contributed by atoms with van der Waals surface area (Å²) in [6, 6.07) is 3.54. The van der Waals surface area contributed by atoms with Crippen molar-refractivity contribution in [2.75, 3.05) is 0 Å². The lowest BCUT2D eigenvalue weighted by molar-refractivity contribution is -0.132. The molecule has 3 unspecified atom stereocenters. The molecular weight excluding hydrogens is 274 g/mol. The first-order valence-electron chi connectivity index (χ1n) is 7.40. The van der Waals surface area contributed by atoms with E-state index in [1.54, 1.807) is 4.90 Å². The van der Waals surface area contributed by atoms with Crippen molar-refractivity contribution in [1.29, 1.82) is 0 Å². The van der Waals surface area contributed by atoms with Crippen LogP contribution >= 0.6 is 0 Å². The van der Waals surface area contributed by atoms with Gasteiger partial charge in [0.05, 0.1) is 6.04 Å². The Kier molecular flexibility index (Phi) is 4.61. The highest BCUT2D eigenvalue weighted by Crippen LogP contribution is 2.31. The molecule has 0 aliphatic carbocycles. The number of halogens is 2. The number of carbonyl (C=O) groups is 1. The Labute approximate surface area is 124 Å². The maximum atomic E-state index is 13.5. The summed E-state index contributed by atoms with van der Waals surface area (Å²) in [5.74, 6) is -1.61. The number of amides is 1. The van der Waals surface area contributed by atoms with E-state index in [2.05, 4.69) is 5.32 Å². The van der Waals surface area contributed by atoms with Gasteiger partial charge in [0.1, 0.15) is 6.17 Å². The summed E-state index contributed by atoms with van der Waals surface area (Å²) < 4.78 is 26.6. The monoisotopic (exact) mass is 296 g/mol. The van der Waals surface area contributed by atoms with E-state index in [0.29, 0.717) is 5.56 Å². The predicted octanol–water partition coefficient (Wildman–Crippen LogP) is 3.22. The molecular formula is C16H22F2N2O. The van der Waals surface area contributed by atoms with Gasteiger partial charge in [-0.05, 0) is 37.0 Å². The van der Waals surface area contributed by atoms with Crippen LogP contribution in [0, 0.1) is 17.6 Å². The van der Waals surface area contributed by atoms with Gasteiger partial charge in [-0.25, -0.2) is 8.78 Å². The normalized spacial score (nSPS) is 24.0. The Bertz CT molecular complexity index is 533. The van der Waals surface area contributed by atoms with E-state index in [1.807, 2.05) is 27.7 Å². The van der Waals surface area contributed by atoms with Gasteiger partial charge in [0.15, 0.2) is 11.6 Å². The summed E-state index contributed by atoms with van der Waals surface area (Å²) in [5.41, 5.74) is 0.575. The average Bonchev–Trinajstić information content (AvgIpc) is 2.79. The van der Waals surface area contributed by atoms with Crippen LogP contribution < -0.4 is 5.32 Å². The highest BCUT2D eigenvalue weighted by molar-refractivity contribution is 5.85. The zero-order valence-electron chi connectivity index (χ0n) is 12.9. The van der Waals surface area contributed by atoms with Crippen LogP contribution in [0.2, 0.25) is 0 Å². The maximum absolute atomic E-state index is 13.5. The number of nitrogens with one attached hydrogen (secondary N) is 1. The quantitative estimate of drug-likeness (QED) is 0.925. The van der Waals surface area contributed by atoms with Gasteiger partial charge >= 0.3 is 0 Å². The van der Waals surface area contributed by atoms with E-state index >= 15 is 0 Å². The Balaban J connectivity index is 2.38. The molecule has 21 heavy (non-hydrogen) atoms. The summed E-state index contributed by atoms with van der Waals surface area (Å²) in [6.45, 7) is 7.91. The smallest absolute Gasteiger partial charge is 0.241 e. The topological polar surface area (TPSA) is 32.3 Å². The number of rotatable bonds is 4. The van der Waals surface area contributed by atoms with Crippen molar-refractivity contribution < 1.29 is 13.6 Å². The molecule has 0 bridgehead atoms. The Morgan fingerprint density at radius 2 is 1.90 bits per heavy atom. The zero-order chi connectivity index (χ0) is 15.7. The zero-order valence-corrected chi connectivity index (χ0v) is 12.9. The first-order valence-corrected chi connectivity index (χ1v) is 7.40. The predicted molar refractivity (Wildman–Crippen MR) is 77.5 cm³/mol. The molecule has 0 aromatic heterocycles. The van der Waals surface area contributed by atoms with Crippen molar-refractivity contribution in [3.63, 3.8) is 0 Å². The molecule has 1 aromatic carbocycles. The number of hydrogen-bond acceptors (Lipinski definition) is 2. The molecule has 0 spiro atoms. The first-order chi connectivity index (χ1) is 9.86. The van der Waals surface area contributed by atoms with Gasteiger partial charge in [-0.2, -0.15) is 0 Å². The van der Waals surface area contributed by atoms with E-state index in [0.717, 1.165) is 12.5 Å². The average molecular weight is 296 g/mol. The molecule has 5 heteroatoms. The van der Waals surface area contributed by atoms with Gasteiger partial charge in [0, 0.05) is 6.04 Å². The second-order valence-corrected chi connectivity index (χ2v) is 5.97. The Morgan fingerprint density at radius 3 is 2.43 bits per heavy atom. The van der Waals surface area contributed by atoms with Gasteiger partial charge in [0.2, 0.25) is 5.91 Å². The molecule has 3 atom stereocenters. The fourth-order valence-corrected chi connectivity index (χ4v) is 2.69. The molecule has 3 nitrogen and oxygen atoms in total. The fraction of sp³-hybridized carbons (Fsp3) is 0.562. The molecule has 0 saturated carbocycles. The molecule has 1 fully saturated rings. The molecule has 1 amide bonds. The lowest BCUT2D eigenvalue weighted by atomic mass is 10.0. The summed E-state index contributed by atoms with van der Waals surface area (Å²) in [4.78, 5) is 14.3. The minimum atomic E-state index is -0.890. The van der Waals surface area contributed by atoms with Crippen molar-refractivity contribution in [3.05, 3.63) is 35.4 Å². The number of carbonyl (C=O) groups excluding carboxylic acids is 1. The van der Waals surface area contributed by atoms with Crippen LogP contribution in [0.1, 0.15) is 45.8 Å². The highest BCUT2D eigenvalue weighted by Gasteiger charge is 2.42. The molecule has 0 radical (unpaired) electrons. The second kappa shape index (κ2) is 6.10. The van der Waals surface area contributed by atoms with Crippen LogP contribution in [0.4, 0.5) is 8.78 Å². The van der Waals surface area contributed by atoms with Crippen molar-refractivity contribution in [1.82, 2.24) is 10.2 Å². The van der Waals surface area contributed by atoms with Gasteiger partial charge in [0.25, 0.3) is 0 Å². The summed E-state index contributed by atoms with van der Waals surface area (Å²) in [6.07, 6.45) is 0.397. The van der Waals surface area contributed by atoms with Gasteiger partial charge < -0.3 is 4.90 Å². The highest BCUT2D eigenvalue weighted by atomic mass is 19.2. The van der Waals surface area contributed by atoms with Crippen LogP contribution in [-0.4, -0.2) is 22.9 Å². The Morgan fingerprint density at radius 1 is 1.24 bits per heavy atom. The van der Waals surface area contributed by atoms with Crippen LogP contribution in [0.25, 0.3) is 0 Å². The van der Waals surface area contributed by atoms with E-state index in [-0.39, 0.29) is 23.9 Å². The lowest BCUT2D eigenvalue weighted by Crippen LogP contribution is -2.39. The van der Waals surface area contributed by atoms with Crippen LogP contribution in [-0.2, 0) is 4.79 Å². The third kappa shape index (κ3) is 2.93. The maximum Gasteiger partial charge on any atom is 0.241 e. The number of benzene rings is 1. The van der Waals surface area contributed by atoms with Crippen LogP contribution in [0.15, 0.2) is 18.2 Å². The third-order valence-electron chi connectivity index (χ3n) is 4.13. The first kappa shape index (κ1) is 15.9. The van der Waals surface area contributed by atoms with E-state index in [4.69, 9.17) is 0 Å². The molecule has 1 aliphatic rings. The van der Waals surface area contributed by atoms with Gasteiger partial charge in [-0.15, -0.1) is 0 Å². The largest absolute Gasteiger partial charge is 0.319 e. The SMILES string of the molecule is CCC(C)N1C(=O)C(C(C)C)NC1c1ccc(F)c(F)c1. The lowest BCUT2D eigenvalue weighted by Gasteiger charge is -2.30. The standard InChI is InChI=1S/C16H22F2N2O/c1-5-10(4)20-15(19-14(9(2)3)16(20)21)11-6-7-12(17)13(18)8-11/h6-10,14-15,19H,5H2,1-4H3. The van der Waals surface area contributed by atoms with E-state index < -0.39 is 17.8 Å². The number of nitrogens with zero attached hydrogens (tertiary/aromatic N) is 1. The summed E-state index contributed by atoms with van der Waals surface area (Å²) >= 11 is 0. The molecule has 1 saturated heterocycles. The van der Waals surface area contributed by atoms with E-state index in [1.165, 1.54) is 12.1 Å². The van der Waals surface area contributed by atoms with Crippen LogP contribution in [0.3, 0.4) is 0 Å². The van der Waals surface area contributed by atoms with Gasteiger partial charge in [-0.3, -0.25) is 10.1 Å². The molecule has 1 aliphatic heterocycles. The van der Waals surface area contributed by atoms with Crippen LogP contribution in [0.5, 0.6) is 0 Å². The fourth-order valence-electron chi connectivity index (χ4n) is 2.69.